The second-order valence-corrected chi connectivity index (χ2v) is 6.02. The second-order valence-electron chi connectivity index (χ2n) is 6.02. The molecule has 4 nitrogen and oxygen atoms in total. The Labute approximate surface area is 110 Å². The molecule has 0 aromatic heterocycles. The van der Waals surface area contributed by atoms with Crippen molar-refractivity contribution in [2.24, 2.45) is 11.7 Å². The highest BCUT2D eigenvalue weighted by Crippen LogP contribution is 2.37. The van der Waals surface area contributed by atoms with Crippen molar-refractivity contribution < 1.29 is 4.79 Å². The minimum Gasteiger partial charge on any atom is -0.349 e. The van der Waals surface area contributed by atoms with E-state index in [9.17, 15) is 4.79 Å². The quantitative estimate of drug-likeness (QED) is 0.815. The number of carbonyl (C=O) groups is 1. The van der Waals surface area contributed by atoms with Crippen LogP contribution in [0.3, 0.4) is 0 Å². The molecule has 1 amide bonds. The molecular formula is C14H27N3O. The third-order valence-corrected chi connectivity index (χ3v) is 4.70. The van der Waals surface area contributed by atoms with Gasteiger partial charge in [-0.05, 0) is 31.7 Å². The molecule has 104 valence electrons. The van der Waals surface area contributed by atoms with Crippen molar-refractivity contribution in [2.45, 2.75) is 50.6 Å². The van der Waals surface area contributed by atoms with Crippen LogP contribution in [0.5, 0.6) is 0 Å². The zero-order valence-corrected chi connectivity index (χ0v) is 11.8. The van der Waals surface area contributed by atoms with E-state index in [2.05, 4.69) is 4.90 Å². The zero-order valence-electron chi connectivity index (χ0n) is 11.8. The Morgan fingerprint density at radius 1 is 1.33 bits per heavy atom. The first kappa shape index (κ1) is 13.8. The molecule has 3 atom stereocenters. The van der Waals surface area contributed by atoms with Crippen molar-refractivity contribution in [3.05, 3.63) is 0 Å². The van der Waals surface area contributed by atoms with Gasteiger partial charge in [0, 0.05) is 39.1 Å². The normalized spacial score (nSPS) is 29.9. The molecule has 1 heterocycles. The molecule has 0 aromatic rings. The largest absolute Gasteiger partial charge is 0.349 e. The summed E-state index contributed by atoms with van der Waals surface area (Å²) in [6, 6.07) is 0.940. The summed E-state index contributed by atoms with van der Waals surface area (Å²) in [6.45, 7) is 1.74. The lowest BCUT2D eigenvalue weighted by Crippen LogP contribution is -2.47. The Kier molecular flexibility index (Phi) is 4.62. The molecule has 1 saturated heterocycles. The summed E-state index contributed by atoms with van der Waals surface area (Å²) in [4.78, 5) is 16.1. The van der Waals surface area contributed by atoms with Crippen LogP contribution in [-0.4, -0.2) is 55.0 Å². The van der Waals surface area contributed by atoms with Crippen LogP contribution in [0.2, 0.25) is 0 Å². The number of fused-ring (bicyclic) bond motifs is 1. The number of amides is 1. The van der Waals surface area contributed by atoms with Crippen molar-refractivity contribution in [1.29, 1.82) is 0 Å². The first-order valence-electron chi connectivity index (χ1n) is 7.29. The van der Waals surface area contributed by atoms with Gasteiger partial charge in [0.2, 0.25) is 5.91 Å². The van der Waals surface area contributed by atoms with Crippen LogP contribution >= 0.6 is 0 Å². The average molecular weight is 253 g/mol. The van der Waals surface area contributed by atoms with Gasteiger partial charge >= 0.3 is 0 Å². The van der Waals surface area contributed by atoms with Crippen LogP contribution < -0.4 is 5.73 Å². The van der Waals surface area contributed by atoms with Crippen LogP contribution in [0.1, 0.15) is 38.5 Å². The molecular weight excluding hydrogens is 226 g/mol. The predicted molar refractivity (Wildman–Crippen MR) is 73.2 cm³/mol. The van der Waals surface area contributed by atoms with Gasteiger partial charge in [0.1, 0.15) is 0 Å². The SMILES string of the molecule is CN(C)C(=O)CC(CN)N1CCC2CCCCC21. The van der Waals surface area contributed by atoms with Gasteiger partial charge in [-0.2, -0.15) is 0 Å². The summed E-state index contributed by atoms with van der Waals surface area (Å²) >= 11 is 0. The molecule has 0 radical (unpaired) electrons. The maximum absolute atomic E-state index is 11.9. The summed E-state index contributed by atoms with van der Waals surface area (Å²) in [5.74, 6) is 1.06. The Morgan fingerprint density at radius 3 is 2.72 bits per heavy atom. The topological polar surface area (TPSA) is 49.6 Å². The van der Waals surface area contributed by atoms with Crippen LogP contribution in [0.4, 0.5) is 0 Å². The monoisotopic (exact) mass is 253 g/mol. The van der Waals surface area contributed by atoms with E-state index in [1.807, 2.05) is 14.1 Å². The third-order valence-electron chi connectivity index (χ3n) is 4.70. The van der Waals surface area contributed by atoms with Crippen molar-refractivity contribution in [1.82, 2.24) is 9.80 Å². The Balaban J connectivity index is 1.97. The number of hydrogen-bond acceptors (Lipinski definition) is 3. The van der Waals surface area contributed by atoms with Crippen LogP contribution in [-0.2, 0) is 4.79 Å². The first-order valence-corrected chi connectivity index (χ1v) is 7.29. The molecule has 1 aliphatic heterocycles. The van der Waals surface area contributed by atoms with E-state index >= 15 is 0 Å². The molecule has 1 saturated carbocycles. The van der Waals surface area contributed by atoms with Gasteiger partial charge in [-0.3, -0.25) is 9.69 Å². The molecule has 0 bridgehead atoms. The highest BCUT2D eigenvalue weighted by Gasteiger charge is 2.39. The Bertz CT molecular complexity index is 293. The van der Waals surface area contributed by atoms with Gasteiger partial charge in [0.25, 0.3) is 0 Å². The van der Waals surface area contributed by atoms with Crippen LogP contribution in [0.15, 0.2) is 0 Å². The average Bonchev–Trinajstić information content (AvgIpc) is 2.79. The van der Waals surface area contributed by atoms with Gasteiger partial charge in [0.15, 0.2) is 0 Å². The van der Waals surface area contributed by atoms with E-state index < -0.39 is 0 Å². The summed E-state index contributed by atoms with van der Waals surface area (Å²) in [7, 11) is 3.65. The highest BCUT2D eigenvalue weighted by atomic mass is 16.2. The molecule has 1 aliphatic carbocycles. The van der Waals surface area contributed by atoms with E-state index in [0.717, 1.165) is 12.5 Å². The molecule has 0 aromatic carbocycles. The number of rotatable bonds is 4. The lowest BCUT2D eigenvalue weighted by molar-refractivity contribution is -0.130. The summed E-state index contributed by atoms with van der Waals surface area (Å²) in [5.41, 5.74) is 5.91. The van der Waals surface area contributed by atoms with E-state index in [1.165, 1.54) is 32.1 Å². The summed E-state index contributed by atoms with van der Waals surface area (Å²) < 4.78 is 0. The van der Waals surface area contributed by atoms with Crippen LogP contribution in [0.25, 0.3) is 0 Å². The fraction of sp³-hybridized carbons (Fsp3) is 0.929. The fourth-order valence-corrected chi connectivity index (χ4v) is 3.62. The number of nitrogens with two attached hydrogens (primary N) is 1. The van der Waals surface area contributed by atoms with Gasteiger partial charge in [-0.25, -0.2) is 0 Å². The lowest BCUT2D eigenvalue weighted by atomic mass is 9.85. The number of carbonyl (C=O) groups excluding carboxylic acids is 1. The third kappa shape index (κ3) is 2.86. The molecule has 2 aliphatic rings. The molecule has 2 rings (SSSR count). The maximum Gasteiger partial charge on any atom is 0.223 e. The van der Waals surface area contributed by atoms with Gasteiger partial charge < -0.3 is 10.6 Å². The molecule has 0 spiro atoms. The van der Waals surface area contributed by atoms with Crippen molar-refractivity contribution in [3.8, 4) is 0 Å². The second kappa shape index (κ2) is 6.02. The Morgan fingerprint density at radius 2 is 2.06 bits per heavy atom. The van der Waals surface area contributed by atoms with Crippen LogP contribution in [0, 0.1) is 5.92 Å². The van der Waals surface area contributed by atoms with Gasteiger partial charge in [-0.1, -0.05) is 12.8 Å². The van der Waals surface area contributed by atoms with Gasteiger partial charge in [0.05, 0.1) is 0 Å². The predicted octanol–water partition coefficient (Wildman–Crippen LogP) is 1.06. The minimum atomic E-state index is 0.199. The first-order chi connectivity index (χ1) is 8.63. The fourth-order valence-electron chi connectivity index (χ4n) is 3.62. The Hall–Kier alpha value is -0.610. The van der Waals surface area contributed by atoms with Crippen molar-refractivity contribution >= 4 is 5.91 Å². The van der Waals surface area contributed by atoms with Gasteiger partial charge in [-0.15, -0.1) is 0 Å². The minimum absolute atomic E-state index is 0.199. The molecule has 4 heteroatoms. The number of nitrogens with zero attached hydrogens (tertiary/aromatic N) is 2. The molecule has 3 unspecified atom stereocenters. The maximum atomic E-state index is 11.9. The van der Waals surface area contributed by atoms with E-state index in [1.54, 1.807) is 4.90 Å². The number of likely N-dealkylation sites (tertiary alicyclic amines) is 1. The molecule has 2 fully saturated rings. The smallest absolute Gasteiger partial charge is 0.223 e. The van der Waals surface area contributed by atoms with Crippen molar-refractivity contribution in [2.75, 3.05) is 27.2 Å². The molecule has 2 N–H and O–H groups in total. The van der Waals surface area contributed by atoms with E-state index in [0.29, 0.717) is 19.0 Å². The van der Waals surface area contributed by atoms with E-state index in [-0.39, 0.29) is 11.9 Å². The van der Waals surface area contributed by atoms with Crippen molar-refractivity contribution in [3.63, 3.8) is 0 Å². The summed E-state index contributed by atoms with van der Waals surface area (Å²) in [5, 5.41) is 0. The highest BCUT2D eigenvalue weighted by molar-refractivity contribution is 5.76. The molecule has 18 heavy (non-hydrogen) atoms. The lowest BCUT2D eigenvalue weighted by Gasteiger charge is -2.36. The number of hydrogen-bond donors (Lipinski definition) is 1. The standard InChI is InChI=1S/C14H27N3O/c1-16(2)14(18)9-12(10-15)17-8-7-11-5-3-4-6-13(11)17/h11-13H,3-10,15H2,1-2H3. The summed E-state index contributed by atoms with van der Waals surface area (Å²) in [6.07, 6.45) is 7.29. The van der Waals surface area contributed by atoms with E-state index in [4.69, 9.17) is 5.73 Å². The zero-order chi connectivity index (χ0) is 13.1.